The third-order valence-electron chi connectivity index (χ3n) is 6.67. The van der Waals surface area contributed by atoms with Crippen molar-refractivity contribution in [1.82, 2.24) is 30.2 Å². The zero-order chi connectivity index (χ0) is 28.1. The van der Waals surface area contributed by atoms with Crippen LogP contribution >= 0.6 is 11.6 Å². The highest BCUT2D eigenvalue weighted by atomic mass is 35.5. The van der Waals surface area contributed by atoms with Crippen molar-refractivity contribution < 1.29 is 14.3 Å². The quantitative estimate of drug-likeness (QED) is 0.108. The van der Waals surface area contributed by atoms with Gasteiger partial charge in [0.15, 0.2) is 23.5 Å². The summed E-state index contributed by atoms with van der Waals surface area (Å²) in [6.45, 7) is 2.48. The monoisotopic (exact) mass is 555 g/mol. The molecule has 0 atom stereocenters. The molecule has 0 unspecified atom stereocenters. The summed E-state index contributed by atoms with van der Waals surface area (Å²) in [5.41, 5.74) is 4.04. The van der Waals surface area contributed by atoms with Crippen LogP contribution < -0.4 is 4.73 Å². The Morgan fingerprint density at radius 3 is 2.62 bits per heavy atom. The summed E-state index contributed by atoms with van der Waals surface area (Å²) in [6.07, 6.45) is 4.61. The fourth-order valence-electron chi connectivity index (χ4n) is 4.64. The first kappa shape index (κ1) is 26.9. The number of rotatable bonds is 11. The average molecular weight is 556 g/mol. The number of tetrazole rings is 1. The van der Waals surface area contributed by atoms with Gasteiger partial charge in [-0.3, -0.25) is 9.59 Å². The molecule has 0 bridgehead atoms. The van der Waals surface area contributed by atoms with E-state index in [0.717, 1.165) is 41.3 Å². The summed E-state index contributed by atoms with van der Waals surface area (Å²) in [4.78, 5) is 29.1. The van der Waals surface area contributed by atoms with Crippen LogP contribution in [0.15, 0.2) is 66.9 Å². The number of unbranched alkanes of at least 4 members (excludes halogenated alkanes) is 1. The zero-order valence-electron chi connectivity index (χ0n) is 21.7. The highest BCUT2D eigenvalue weighted by Gasteiger charge is 2.28. The van der Waals surface area contributed by atoms with Crippen LogP contribution in [0.3, 0.4) is 0 Å². The predicted octanol–water partition coefficient (Wildman–Crippen LogP) is 4.65. The van der Waals surface area contributed by atoms with Crippen molar-refractivity contribution in [3.63, 3.8) is 0 Å². The summed E-state index contributed by atoms with van der Waals surface area (Å²) < 4.78 is 2.19. The molecule has 11 heteroatoms. The Bertz CT molecular complexity index is 1650. The Labute approximate surface area is 235 Å². The number of hydrogen-bond acceptors (Lipinski definition) is 7. The number of benzene rings is 2. The number of H-pyrrole nitrogens is 1. The van der Waals surface area contributed by atoms with E-state index >= 15 is 0 Å². The van der Waals surface area contributed by atoms with E-state index in [1.165, 1.54) is 12.1 Å². The van der Waals surface area contributed by atoms with Gasteiger partial charge >= 0.3 is 0 Å². The van der Waals surface area contributed by atoms with Gasteiger partial charge in [0.05, 0.1) is 5.56 Å². The normalized spacial score (nSPS) is 11.1. The summed E-state index contributed by atoms with van der Waals surface area (Å²) in [5, 5.41) is 27.1. The molecule has 1 N–H and O–H groups in total. The molecule has 0 spiro atoms. The molecule has 0 radical (unpaired) electrons. The minimum absolute atomic E-state index is 0.0448. The topological polar surface area (TPSA) is 133 Å². The van der Waals surface area contributed by atoms with E-state index in [4.69, 9.17) is 11.6 Å². The Morgan fingerprint density at radius 1 is 1.10 bits per heavy atom. The molecule has 0 amide bonds. The number of carbonyl (C=O) groups is 2. The van der Waals surface area contributed by atoms with Gasteiger partial charge in [0.2, 0.25) is 0 Å². The Balaban J connectivity index is 1.50. The van der Waals surface area contributed by atoms with Gasteiger partial charge in [0, 0.05) is 24.6 Å². The molecule has 0 saturated heterocycles. The molecule has 40 heavy (non-hydrogen) atoms. The van der Waals surface area contributed by atoms with Crippen molar-refractivity contribution in [2.45, 2.75) is 39.2 Å². The predicted molar refractivity (Wildman–Crippen MR) is 149 cm³/mol. The zero-order valence-corrected chi connectivity index (χ0v) is 22.5. The molecule has 0 aliphatic rings. The third kappa shape index (κ3) is 5.52. The summed E-state index contributed by atoms with van der Waals surface area (Å²) in [5.74, 6) is 0.669. The number of nitrogens with zero attached hydrogens (tertiary/aromatic N) is 6. The molecule has 5 rings (SSSR count). The minimum atomic E-state index is -0.555. The van der Waals surface area contributed by atoms with Gasteiger partial charge in [0.1, 0.15) is 11.5 Å². The van der Waals surface area contributed by atoms with Gasteiger partial charge in [-0.2, -0.15) is 4.73 Å². The standard InChI is InChI=1S/C29H26ClN7O3/c1-2-3-9-25-31-28(30)26(27(39)24-13-11-20(18-38)17-37(24)40)36(25)15-14-19-10-12-22(21-7-5-4-6-8-21)23(16-19)29-32-34-35-33-29/h4-8,10-13,16-18H,2-3,9,14-15H2,1H3,(H,32,33,34,35). The van der Waals surface area contributed by atoms with E-state index in [-0.39, 0.29) is 22.1 Å². The first-order valence-corrected chi connectivity index (χ1v) is 13.3. The van der Waals surface area contributed by atoms with Gasteiger partial charge < -0.3 is 9.77 Å². The van der Waals surface area contributed by atoms with Gasteiger partial charge in [0.25, 0.3) is 11.5 Å². The van der Waals surface area contributed by atoms with Crippen molar-refractivity contribution in [2.24, 2.45) is 0 Å². The van der Waals surface area contributed by atoms with Crippen molar-refractivity contribution in [2.75, 3.05) is 0 Å². The van der Waals surface area contributed by atoms with Crippen LogP contribution in [0.5, 0.6) is 0 Å². The first-order valence-electron chi connectivity index (χ1n) is 12.9. The maximum absolute atomic E-state index is 13.5. The van der Waals surface area contributed by atoms with Crippen molar-refractivity contribution in [3.05, 3.63) is 106 Å². The number of aromatic amines is 1. The molecular weight excluding hydrogens is 530 g/mol. The lowest BCUT2D eigenvalue weighted by Gasteiger charge is -2.14. The second-order valence-electron chi connectivity index (χ2n) is 9.29. The number of nitrogens with one attached hydrogen (secondary N) is 1. The molecule has 0 fully saturated rings. The van der Waals surface area contributed by atoms with Crippen molar-refractivity contribution >= 4 is 23.7 Å². The van der Waals surface area contributed by atoms with Crippen LogP contribution in [0.4, 0.5) is 0 Å². The van der Waals surface area contributed by atoms with Crippen molar-refractivity contribution in [1.29, 1.82) is 0 Å². The molecule has 10 nitrogen and oxygen atoms in total. The smallest absolute Gasteiger partial charge is 0.277 e. The fourth-order valence-corrected chi connectivity index (χ4v) is 4.93. The number of carbonyl (C=O) groups excluding carboxylic acids is 2. The maximum Gasteiger partial charge on any atom is 0.277 e. The molecule has 2 aromatic carbocycles. The van der Waals surface area contributed by atoms with Crippen LogP contribution in [-0.2, 0) is 19.4 Å². The molecular formula is C29H26ClN7O3. The molecule has 0 aliphatic heterocycles. The SMILES string of the molecule is CCCCc1nc(Cl)c(C(=O)c2ccc(C=O)c[n+]2[O-])n1CCc1ccc(-c2ccccc2)c(-c2nnn[nH]2)c1. The first-order chi connectivity index (χ1) is 19.5. The number of aromatic nitrogens is 7. The fraction of sp³-hybridized carbons (Fsp3) is 0.207. The Kier molecular flexibility index (Phi) is 8.07. The van der Waals surface area contributed by atoms with Crippen LogP contribution in [0.2, 0.25) is 5.15 Å². The number of hydrogen-bond donors (Lipinski definition) is 1. The number of ketones is 1. The van der Waals surface area contributed by atoms with Crippen molar-refractivity contribution in [3.8, 4) is 22.5 Å². The minimum Gasteiger partial charge on any atom is -0.618 e. The molecule has 3 heterocycles. The highest BCUT2D eigenvalue weighted by Crippen LogP contribution is 2.31. The number of aryl methyl sites for hydroxylation is 2. The van der Waals surface area contributed by atoms with E-state index in [1.54, 1.807) is 4.57 Å². The number of aldehydes is 1. The van der Waals surface area contributed by atoms with Crippen LogP contribution in [0, 0.1) is 5.21 Å². The van der Waals surface area contributed by atoms with Gasteiger partial charge in [-0.05, 0) is 52.1 Å². The highest BCUT2D eigenvalue weighted by molar-refractivity contribution is 6.33. The van der Waals surface area contributed by atoms with Gasteiger partial charge in [-0.15, -0.1) is 5.10 Å². The number of imidazole rings is 1. The molecule has 202 valence electrons. The molecule has 3 aromatic heterocycles. The van der Waals surface area contributed by atoms with E-state index in [1.807, 2.05) is 48.5 Å². The van der Waals surface area contributed by atoms with Gasteiger partial charge in [-0.25, -0.2) is 10.1 Å². The molecule has 5 aromatic rings. The Morgan fingerprint density at radius 2 is 1.93 bits per heavy atom. The third-order valence-corrected chi connectivity index (χ3v) is 6.94. The van der Waals surface area contributed by atoms with Crippen LogP contribution in [-0.4, -0.2) is 42.2 Å². The summed E-state index contributed by atoms with van der Waals surface area (Å²) in [6, 6.07) is 18.8. The van der Waals surface area contributed by atoms with E-state index in [9.17, 15) is 14.8 Å². The lowest BCUT2D eigenvalue weighted by atomic mass is 9.96. The molecule has 0 aliphatic carbocycles. The van der Waals surface area contributed by atoms with Crippen LogP contribution in [0.25, 0.3) is 22.5 Å². The van der Waals surface area contributed by atoms with E-state index in [0.29, 0.717) is 42.1 Å². The maximum atomic E-state index is 13.5. The Hall–Kier alpha value is -4.70. The van der Waals surface area contributed by atoms with Crippen LogP contribution in [0.1, 0.15) is 57.7 Å². The summed E-state index contributed by atoms with van der Waals surface area (Å²) in [7, 11) is 0. The number of halogens is 1. The van der Waals surface area contributed by atoms with E-state index < -0.39 is 5.78 Å². The second-order valence-corrected chi connectivity index (χ2v) is 9.65. The molecule has 0 saturated carbocycles. The average Bonchev–Trinajstić information content (AvgIpc) is 3.63. The lowest BCUT2D eigenvalue weighted by molar-refractivity contribution is -0.607. The largest absolute Gasteiger partial charge is 0.618 e. The lowest BCUT2D eigenvalue weighted by Crippen LogP contribution is -2.35. The van der Waals surface area contributed by atoms with Gasteiger partial charge in [-0.1, -0.05) is 67.4 Å². The second kappa shape index (κ2) is 12.0. The number of pyridine rings is 1. The summed E-state index contributed by atoms with van der Waals surface area (Å²) >= 11 is 6.50. The van der Waals surface area contributed by atoms with E-state index in [2.05, 4.69) is 32.5 Å².